The van der Waals surface area contributed by atoms with Gasteiger partial charge in [0.2, 0.25) is 5.76 Å². The third-order valence-electron chi connectivity index (χ3n) is 4.35. The lowest BCUT2D eigenvalue weighted by Crippen LogP contribution is -2.34. The fraction of sp³-hybridized carbons (Fsp3) is 0.238. The number of para-hydroxylation sites is 1. The molecule has 1 amide bonds. The molecule has 1 heterocycles. The second-order valence-corrected chi connectivity index (χ2v) is 6.17. The third kappa shape index (κ3) is 4.16. The van der Waals surface area contributed by atoms with Crippen molar-refractivity contribution in [1.29, 1.82) is 0 Å². The van der Waals surface area contributed by atoms with Gasteiger partial charge in [-0.15, -0.1) is 0 Å². The molecule has 0 aliphatic carbocycles. The Kier molecular flexibility index (Phi) is 5.54. The fourth-order valence-electron chi connectivity index (χ4n) is 2.89. The molecule has 0 fully saturated rings. The molecule has 3 aromatic rings. The van der Waals surface area contributed by atoms with Crippen molar-refractivity contribution in [3.05, 3.63) is 71.2 Å². The number of furan rings is 1. The van der Waals surface area contributed by atoms with Crippen molar-refractivity contribution in [1.82, 2.24) is 4.90 Å². The normalized spacial score (nSPS) is 10.8. The molecular weight excluding hydrogens is 349 g/mol. The maximum absolute atomic E-state index is 13.3. The first-order valence-electron chi connectivity index (χ1n) is 8.67. The van der Waals surface area contributed by atoms with Crippen molar-refractivity contribution < 1.29 is 23.1 Å². The van der Waals surface area contributed by atoms with Crippen LogP contribution in [0.5, 0.6) is 0 Å². The molecule has 27 heavy (non-hydrogen) atoms. The Morgan fingerprint density at radius 3 is 2.63 bits per heavy atom. The Labute approximate surface area is 156 Å². The van der Waals surface area contributed by atoms with E-state index in [9.17, 15) is 14.0 Å². The van der Waals surface area contributed by atoms with Gasteiger partial charge in [-0.2, -0.15) is 0 Å². The Balaban J connectivity index is 1.64. The monoisotopic (exact) mass is 369 g/mol. The molecule has 0 aliphatic heterocycles. The first kappa shape index (κ1) is 18.6. The van der Waals surface area contributed by atoms with Gasteiger partial charge in [-0.1, -0.05) is 30.3 Å². The highest BCUT2D eigenvalue weighted by molar-refractivity contribution is 5.96. The van der Waals surface area contributed by atoms with Gasteiger partial charge < -0.3 is 14.1 Å². The number of hydrogen-bond acceptors (Lipinski definition) is 4. The fourth-order valence-corrected chi connectivity index (χ4v) is 2.89. The van der Waals surface area contributed by atoms with Gasteiger partial charge in [0.05, 0.1) is 0 Å². The number of halogens is 1. The molecule has 0 bridgehead atoms. The van der Waals surface area contributed by atoms with Gasteiger partial charge >= 0.3 is 5.97 Å². The molecule has 2 aromatic carbocycles. The average Bonchev–Trinajstić information content (AvgIpc) is 3.01. The zero-order chi connectivity index (χ0) is 19.4. The second-order valence-electron chi connectivity index (χ2n) is 6.17. The van der Waals surface area contributed by atoms with Gasteiger partial charge in [-0.05, 0) is 37.6 Å². The smallest absolute Gasteiger partial charge is 0.375 e. The summed E-state index contributed by atoms with van der Waals surface area (Å²) >= 11 is 0. The van der Waals surface area contributed by atoms with Crippen molar-refractivity contribution in [2.75, 3.05) is 13.2 Å². The highest BCUT2D eigenvalue weighted by Gasteiger charge is 2.21. The minimum absolute atomic E-state index is 0.0946. The number of likely N-dealkylation sites (N-methyl/N-ethyl adjacent to an activating group) is 1. The standard InChI is InChI=1S/C21H20FNO4/c1-3-23(12-15-7-6-8-16(22)11-15)19(24)13-26-21(25)20-14(2)17-9-4-5-10-18(17)27-20/h4-11H,3,12-13H2,1-2H3. The number of amides is 1. The number of benzene rings is 2. The Hall–Kier alpha value is -3.15. The van der Waals surface area contributed by atoms with E-state index >= 15 is 0 Å². The van der Waals surface area contributed by atoms with Crippen LogP contribution in [-0.4, -0.2) is 29.9 Å². The molecule has 0 spiro atoms. The van der Waals surface area contributed by atoms with Crippen LogP contribution in [0.2, 0.25) is 0 Å². The van der Waals surface area contributed by atoms with Crippen LogP contribution < -0.4 is 0 Å². The van der Waals surface area contributed by atoms with Gasteiger partial charge in [-0.3, -0.25) is 4.79 Å². The van der Waals surface area contributed by atoms with Gasteiger partial charge in [0.1, 0.15) is 11.4 Å². The largest absolute Gasteiger partial charge is 0.450 e. The summed E-state index contributed by atoms with van der Waals surface area (Å²) in [6.45, 7) is 3.83. The molecule has 0 unspecified atom stereocenters. The highest BCUT2D eigenvalue weighted by Crippen LogP contribution is 2.25. The van der Waals surface area contributed by atoms with E-state index in [0.717, 1.165) is 5.39 Å². The molecule has 0 radical (unpaired) electrons. The number of aryl methyl sites for hydroxylation is 1. The van der Waals surface area contributed by atoms with Gasteiger partial charge in [0, 0.05) is 24.0 Å². The van der Waals surface area contributed by atoms with E-state index in [1.807, 2.05) is 25.1 Å². The quantitative estimate of drug-likeness (QED) is 0.614. The summed E-state index contributed by atoms with van der Waals surface area (Å²) in [5.41, 5.74) is 1.94. The van der Waals surface area contributed by atoms with Crippen LogP contribution in [0.25, 0.3) is 11.0 Å². The summed E-state index contributed by atoms with van der Waals surface area (Å²) in [5, 5.41) is 0.831. The van der Waals surface area contributed by atoms with E-state index in [1.165, 1.54) is 17.0 Å². The van der Waals surface area contributed by atoms with Crippen LogP contribution in [0, 0.1) is 12.7 Å². The molecular formula is C21H20FNO4. The van der Waals surface area contributed by atoms with E-state index in [4.69, 9.17) is 9.15 Å². The van der Waals surface area contributed by atoms with Crippen LogP contribution in [0.1, 0.15) is 28.6 Å². The average molecular weight is 369 g/mol. The third-order valence-corrected chi connectivity index (χ3v) is 4.35. The van der Waals surface area contributed by atoms with Crippen LogP contribution in [0.15, 0.2) is 52.9 Å². The number of hydrogen-bond donors (Lipinski definition) is 0. The van der Waals surface area contributed by atoms with E-state index in [1.54, 1.807) is 25.1 Å². The van der Waals surface area contributed by atoms with Gasteiger partial charge in [0.15, 0.2) is 6.61 Å². The lowest BCUT2D eigenvalue weighted by Gasteiger charge is -2.20. The minimum Gasteiger partial charge on any atom is -0.450 e. The summed E-state index contributed by atoms with van der Waals surface area (Å²) in [6.07, 6.45) is 0. The number of fused-ring (bicyclic) bond motifs is 1. The van der Waals surface area contributed by atoms with E-state index in [2.05, 4.69) is 0 Å². The van der Waals surface area contributed by atoms with Gasteiger partial charge in [-0.25, -0.2) is 9.18 Å². The molecule has 0 saturated carbocycles. The van der Waals surface area contributed by atoms with Crippen molar-refractivity contribution in [2.45, 2.75) is 20.4 Å². The van der Waals surface area contributed by atoms with Gasteiger partial charge in [0.25, 0.3) is 5.91 Å². The van der Waals surface area contributed by atoms with Crippen LogP contribution >= 0.6 is 0 Å². The van der Waals surface area contributed by atoms with Crippen LogP contribution in [-0.2, 0) is 16.1 Å². The summed E-state index contributed by atoms with van der Waals surface area (Å²) in [5.74, 6) is -1.30. The predicted octanol–water partition coefficient (Wildman–Crippen LogP) is 4.09. The summed E-state index contributed by atoms with van der Waals surface area (Å²) in [7, 11) is 0. The maximum atomic E-state index is 13.3. The number of esters is 1. The predicted molar refractivity (Wildman–Crippen MR) is 98.7 cm³/mol. The second kappa shape index (κ2) is 8.03. The maximum Gasteiger partial charge on any atom is 0.375 e. The van der Waals surface area contributed by atoms with Crippen LogP contribution in [0.3, 0.4) is 0 Å². The lowest BCUT2D eigenvalue weighted by atomic mass is 10.1. The Bertz CT molecular complexity index is 979. The molecule has 1 aromatic heterocycles. The summed E-state index contributed by atoms with van der Waals surface area (Å²) in [4.78, 5) is 26.2. The molecule has 5 nitrogen and oxygen atoms in total. The van der Waals surface area contributed by atoms with E-state index in [0.29, 0.717) is 23.3 Å². The molecule has 0 saturated heterocycles. The van der Waals surface area contributed by atoms with Crippen molar-refractivity contribution in [3.8, 4) is 0 Å². The molecule has 0 atom stereocenters. The molecule has 140 valence electrons. The Morgan fingerprint density at radius 2 is 1.93 bits per heavy atom. The van der Waals surface area contributed by atoms with E-state index < -0.39 is 12.6 Å². The summed E-state index contributed by atoms with van der Waals surface area (Å²) in [6, 6.07) is 13.3. The molecule has 0 aliphatic rings. The lowest BCUT2D eigenvalue weighted by molar-refractivity contribution is -0.135. The number of rotatable bonds is 6. The number of carbonyl (C=O) groups is 2. The van der Waals surface area contributed by atoms with Crippen LogP contribution in [0.4, 0.5) is 4.39 Å². The van der Waals surface area contributed by atoms with Crippen molar-refractivity contribution in [3.63, 3.8) is 0 Å². The van der Waals surface area contributed by atoms with E-state index in [-0.39, 0.29) is 24.0 Å². The molecule has 6 heteroatoms. The zero-order valence-electron chi connectivity index (χ0n) is 15.2. The van der Waals surface area contributed by atoms with Crippen molar-refractivity contribution in [2.24, 2.45) is 0 Å². The first-order chi connectivity index (χ1) is 13.0. The number of ether oxygens (including phenoxy) is 1. The molecule has 0 N–H and O–H groups in total. The topological polar surface area (TPSA) is 59.8 Å². The Morgan fingerprint density at radius 1 is 1.15 bits per heavy atom. The highest BCUT2D eigenvalue weighted by atomic mass is 19.1. The zero-order valence-corrected chi connectivity index (χ0v) is 15.2. The molecule has 3 rings (SSSR count). The number of carbonyl (C=O) groups excluding carboxylic acids is 2. The summed E-state index contributed by atoms with van der Waals surface area (Å²) < 4.78 is 24.0. The van der Waals surface area contributed by atoms with Crippen molar-refractivity contribution >= 4 is 22.8 Å². The number of nitrogens with zero attached hydrogens (tertiary/aromatic N) is 1. The SMILES string of the molecule is CCN(Cc1cccc(F)c1)C(=O)COC(=O)c1oc2ccccc2c1C. The minimum atomic E-state index is -0.682. The first-order valence-corrected chi connectivity index (χ1v) is 8.67.